The molecule has 0 aliphatic rings. The van der Waals surface area contributed by atoms with Crippen LogP contribution < -0.4 is 0 Å². The van der Waals surface area contributed by atoms with Gasteiger partial charge in [-0.2, -0.15) is 5.26 Å². The highest BCUT2D eigenvalue weighted by Gasteiger charge is 2.09. The third-order valence-corrected chi connectivity index (χ3v) is 2.02. The van der Waals surface area contributed by atoms with Gasteiger partial charge in [-0.1, -0.05) is 0 Å². The van der Waals surface area contributed by atoms with Gasteiger partial charge in [0.2, 0.25) is 0 Å². The van der Waals surface area contributed by atoms with Crippen molar-refractivity contribution in [1.82, 2.24) is 0 Å². The first-order chi connectivity index (χ1) is 6.60. The van der Waals surface area contributed by atoms with Crippen LogP contribution in [0.2, 0.25) is 0 Å². The highest BCUT2D eigenvalue weighted by molar-refractivity contribution is 5.97. The number of carbonyl (C=O) groups is 2. The molecular formula is C11H9NO2. The Bertz CT molecular complexity index is 441. The molecule has 0 bridgehead atoms. The summed E-state index contributed by atoms with van der Waals surface area (Å²) in [5.41, 5.74) is 1.79. The summed E-state index contributed by atoms with van der Waals surface area (Å²) in [6, 6.07) is 4.90. The van der Waals surface area contributed by atoms with Gasteiger partial charge in [0.05, 0.1) is 11.6 Å². The van der Waals surface area contributed by atoms with Crippen molar-refractivity contribution in [3.63, 3.8) is 0 Å². The lowest BCUT2D eigenvalue weighted by Crippen LogP contribution is -2.00. The van der Waals surface area contributed by atoms with Crippen molar-refractivity contribution in [2.75, 3.05) is 0 Å². The minimum atomic E-state index is -0.101. The molecule has 0 atom stereocenters. The molecule has 0 heterocycles. The molecule has 3 nitrogen and oxygen atoms in total. The van der Waals surface area contributed by atoms with E-state index in [1.807, 2.05) is 6.07 Å². The van der Waals surface area contributed by atoms with E-state index >= 15 is 0 Å². The van der Waals surface area contributed by atoms with Gasteiger partial charge < -0.3 is 0 Å². The molecule has 0 spiro atoms. The molecule has 70 valence electrons. The maximum absolute atomic E-state index is 11.1. The van der Waals surface area contributed by atoms with E-state index in [4.69, 9.17) is 5.26 Å². The van der Waals surface area contributed by atoms with Crippen molar-refractivity contribution in [1.29, 1.82) is 5.26 Å². The maximum Gasteiger partial charge on any atom is 0.160 e. The van der Waals surface area contributed by atoms with Crippen LogP contribution in [-0.2, 0) is 0 Å². The predicted molar refractivity (Wildman–Crippen MR) is 51.3 cm³/mol. The standard InChI is InChI=1S/C11H9NO2/c1-7-3-10(6-13)9(5-12)4-11(7)8(2)14/h3-4,6H,1-2H3. The molecule has 0 radical (unpaired) electrons. The number of hydrogen-bond donors (Lipinski definition) is 0. The summed E-state index contributed by atoms with van der Waals surface area (Å²) in [5, 5.41) is 8.73. The number of benzene rings is 1. The zero-order valence-corrected chi connectivity index (χ0v) is 8.00. The Balaban J connectivity index is 3.47. The van der Waals surface area contributed by atoms with Crippen molar-refractivity contribution >= 4 is 12.1 Å². The van der Waals surface area contributed by atoms with Crippen LogP contribution in [0, 0.1) is 18.3 Å². The van der Waals surface area contributed by atoms with Gasteiger partial charge >= 0.3 is 0 Å². The van der Waals surface area contributed by atoms with E-state index in [9.17, 15) is 9.59 Å². The third-order valence-electron chi connectivity index (χ3n) is 2.02. The summed E-state index contributed by atoms with van der Waals surface area (Å²) in [6.45, 7) is 3.18. The van der Waals surface area contributed by atoms with Crippen LogP contribution in [-0.4, -0.2) is 12.1 Å². The van der Waals surface area contributed by atoms with E-state index in [1.165, 1.54) is 13.0 Å². The number of aldehydes is 1. The van der Waals surface area contributed by atoms with Gasteiger partial charge in [-0.05, 0) is 31.5 Å². The van der Waals surface area contributed by atoms with Gasteiger partial charge in [0, 0.05) is 11.1 Å². The number of hydrogen-bond acceptors (Lipinski definition) is 3. The molecule has 0 N–H and O–H groups in total. The van der Waals surface area contributed by atoms with Crippen molar-refractivity contribution in [3.05, 3.63) is 34.4 Å². The molecule has 0 fully saturated rings. The molecule has 0 amide bonds. The lowest BCUT2D eigenvalue weighted by Gasteiger charge is -2.03. The van der Waals surface area contributed by atoms with Gasteiger partial charge in [-0.15, -0.1) is 0 Å². The van der Waals surface area contributed by atoms with Crippen molar-refractivity contribution < 1.29 is 9.59 Å². The van der Waals surface area contributed by atoms with E-state index in [2.05, 4.69) is 0 Å². The lowest BCUT2D eigenvalue weighted by atomic mass is 9.98. The third kappa shape index (κ3) is 1.69. The average Bonchev–Trinajstić information content (AvgIpc) is 2.16. The number of nitrogens with zero attached hydrogens (tertiary/aromatic N) is 1. The average molecular weight is 187 g/mol. The first-order valence-electron chi connectivity index (χ1n) is 4.11. The van der Waals surface area contributed by atoms with Crippen LogP contribution in [0.5, 0.6) is 0 Å². The van der Waals surface area contributed by atoms with E-state index in [0.717, 1.165) is 5.56 Å². The molecule has 1 aromatic carbocycles. The molecule has 0 unspecified atom stereocenters. The smallest absolute Gasteiger partial charge is 0.160 e. The Hall–Kier alpha value is -1.95. The SMILES string of the molecule is CC(=O)c1cc(C#N)c(C=O)cc1C. The number of ketones is 1. The van der Waals surface area contributed by atoms with Crippen LogP contribution in [0.25, 0.3) is 0 Å². The van der Waals surface area contributed by atoms with Crippen LogP contribution in [0.15, 0.2) is 12.1 Å². The van der Waals surface area contributed by atoms with Gasteiger partial charge in [0.25, 0.3) is 0 Å². The molecule has 0 saturated heterocycles. The van der Waals surface area contributed by atoms with E-state index in [0.29, 0.717) is 17.4 Å². The highest BCUT2D eigenvalue weighted by atomic mass is 16.1. The molecule has 3 heteroatoms. The van der Waals surface area contributed by atoms with Crippen LogP contribution >= 0.6 is 0 Å². The lowest BCUT2D eigenvalue weighted by molar-refractivity contribution is 0.101. The van der Waals surface area contributed by atoms with Crippen molar-refractivity contribution in [2.24, 2.45) is 0 Å². The quantitative estimate of drug-likeness (QED) is 0.524. The van der Waals surface area contributed by atoms with E-state index < -0.39 is 0 Å². The first-order valence-corrected chi connectivity index (χ1v) is 4.11. The molecule has 0 aromatic heterocycles. The molecule has 0 saturated carbocycles. The Morgan fingerprint density at radius 3 is 2.57 bits per heavy atom. The molecular weight excluding hydrogens is 178 g/mol. The molecule has 14 heavy (non-hydrogen) atoms. The van der Waals surface area contributed by atoms with E-state index in [-0.39, 0.29) is 11.3 Å². The highest BCUT2D eigenvalue weighted by Crippen LogP contribution is 2.15. The number of nitriles is 1. The summed E-state index contributed by atoms with van der Waals surface area (Å²) in [4.78, 5) is 21.7. The van der Waals surface area contributed by atoms with Crippen LogP contribution in [0.1, 0.15) is 38.8 Å². The zero-order chi connectivity index (χ0) is 10.7. The Morgan fingerprint density at radius 1 is 1.50 bits per heavy atom. The Kier molecular flexibility index (Phi) is 2.78. The largest absolute Gasteiger partial charge is 0.298 e. The van der Waals surface area contributed by atoms with E-state index in [1.54, 1.807) is 13.0 Å². The van der Waals surface area contributed by atoms with Gasteiger partial charge in [-0.25, -0.2) is 0 Å². The first kappa shape index (κ1) is 10.1. The van der Waals surface area contributed by atoms with Gasteiger partial charge in [-0.3, -0.25) is 9.59 Å². The monoisotopic (exact) mass is 187 g/mol. The number of aryl methyl sites for hydroxylation is 1. The van der Waals surface area contributed by atoms with Crippen molar-refractivity contribution in [2.45, 2.75) is 13.8 Å². The summed E-state index contributed by atoms with van der Waals surface area (Å²) < 4.78 is 0. The Labute approximate surface area is 82.0 Å². The number of Topliss-reactive ketones (excluding diaryl/α,β-unsaturated/α-hetero) is 1. The van der Waals surface area contributed by atoms with Crippen LogP contribution in [0.4, 0.5) is 0 Å². The minimum absolute atomic E-state index is 0.101. The molecule has 1 rings (SSSR count). The fourth-order valence-electron chi connectivity index (χ4n) is 1.30. The number of carbonyl (C=O) groups excluding carboxylic acids is 2. The van der Waals surface area contributed by atoms with Crippen molar-refractivity contribution in [3.8, 4) is 6.07 Å². The second kappa shape index (κ2) is 3.84. The fraction of sp³-hybridized carbons (Fsp3) is 0.182. The number of rotatable bonds is 2. The second-order valence-corrected chi connectivity index (χ2v) is 3.04. The zero-order valence-electron chi connectivity index (χ0n) is 8.00. The minimum Gasteiger partial charge on any atom is -0.298 e. The fourth-order valence-corrected chi connectivity index (χ4v) is 1.30. The normalized spacial score (nSPS) is 9.21. The Morgan fingerprint density at radius 2 is 2.14 bits per heavy atom. The van der Waals surface area contributed by atoms with Gasteiger partial charge in [0.1, 0.15) is 0 Å². The molecule has 0 aliphatic heterocycles. The summed E-state index contributed by atoms with van der Waals surface area (Å²) in [6.07, 6.45) is 0.621. The molecule has 0 aliphatic carbocycles. The summed E-state index contributed by atoms with van der Waals surface area (Å²) >= 11 is 0. The molecule has 1 aromatic rings. The second-order valence-electron chi connectivity index (χ2n) is 3.04. The predicted octanol–water partition coefficient (Wildman–Crippen LogP) is 1.88. The summed E-state index contributed by atoms with van der Waals surface area (Å²) in [5.74, 6) is -0.101. The van der Waals surface area contributed by atoms with Crippen LogP contribution in [0.3, 0.4) is 0 Å². The summed E-state index contributed by atoms with van der Waals surface area (Å²) in [7, 11) is 0. The maximum atomic E-state index is 11.1. The van der Waals surface area contributed by atoms with Gasteiger partial charge in [0.15, 0.2) is 12.1 Å². The topological polar surface area (TPSA) is 57.9 Å².